The van der Waals surface area contributed by atoms with Crippen LogP contribution in [0.2, 0.25) is 0 Å². The highest BCUT2D eigenvalue weighted by Crippen LogP contribution is 2.43. The quantitative estimate of drug-likeness (QED) is 0.588. The van der Waals surface area contributed by atoms with Crippen LogP contribution >= 0.6 is 11.8 Å². The monoisotopic (exact) mass is 374 g/mol. The van der Waals surface area contributed by atoms with E-state index in [2.05, 4.69) is 0 Å². The summed E-state index contributed by atoms with van der Waals surface area (Å²) < 4.78 is 10.7. The molecule has 0 aliphatic carbocycles. The van der Waals surface area contributed by atoms with Gasteiger partial charge in [-0.25, -0.2) is 0 Å². The maximum atomic E-state index is 12.9. The summed E-state index contributed by atoms with van der Waals surface area (Å²) in [6, 6.07) is 11.2. The summed E-state index contributed by atoms with van der Waals surface area (Å²) >= 11 is 1.64. The number of nitrogens with zero attached hydrogens (tertiary/aromatic N) is 2. The largest absolute Gasteiger partial charge is 0.497 e. The van der Waals surface area contributed by atoms with Gasteiger partial charge >= 0.3 is 0 Å². The van der Waals surface area contributed by atoms with Crippen LogP contribution in [-0.4, -0.2) is 42.2 Å². The van der Waals surface area contributed by atoms with Gasteiger partial charge in [0.15, 0.2) is 0 Å². The van der Waals surface area contributed by atoms with E-state index in [1.54, 1.807) is 30.9 Å². The van der Waals surface area contributed by atoms with Crippen LogP contribution in [0.5, 0.6) is 11.5 Å². The van der Waals surface area contributed by atoms with Gasteiger partial charge in [0.1, 0.15) is 16.9 Å². The third-order valence-electron chi connectivity index (χ3n) is 4.18. The van der Waals surface area contributed by atoms with Crippen LogP contribution < -0.4 is 9.47 Å². The van der Waals surface area contributed by atoms with Gasteiger partial charge in [0.05, 0.1) is 19.1 Å². The Morgan fingerprint density at radius 3 is 2.54 bits per heavy atom. The molecule has 0 aromatic heterocycles. The van der Waals surface area contributed by atoms with E-state index < -0.39 is 4.92 Å². The summed E-state index contributed by atoms with van der Waals surface area (Å²) in [5, 5.41) is 10.6. The maximum absolute atomic E-state index is 12.9. The standard InChI is InChI=1S/C18H18N2O5S/c1-24-14-7-8-16(25-2)15(11-14)18-19(9-10-26-18)17(21)12-3-5-13(6-4-12)20(22)23/h3-8,11,18H,9-10H2,1-2H3/t18-/m1/s1. The van der Waals surface area contributed by atoms with Crippen molar-refractivity contribution >= 4 is 23.4 Å². The zero-order chi connectivity index (χ0) is 18.7. The molecular weight excluding hydrogens is 356 g/mol. The molecule has 136 valence electrons. The summed E-state index contributed by atoms with van der Waals surface area (Å²) in [5.41, 5.74) is 1.25. The first-order chi connectivity index (χ1) is 12.5. The average Bonchev–Trinajstić information content (AvgIpc) is 3.16. The number of hydrogen-bond donors (Lipinski definition) is 0. The van der Waals surface area contributed by atoms with Crippen molar-refractivity contribution in [2.24, 2.45) is 0 Å². The number of carbonyl (C=O) groups is 1. The summed E-state index contributed by atoms with van der Waals surface area (Å²) in [7, 11) is 3.18. The minimum Gasteiger partial charge on any atom is -0.497 e. The lowest BCUT2D eigenvalue weighted by Gasteiger charge is -2.25. The molecule has 1 saturated heterocycles. The van der Waals surface area contributed by atoms with Gasteiger partial charge in [0.25, 0.3) is 11.6 Å². The topological polar surface area (TPSA) is 81.9 Å². The number of carbonyl (C=O) groups excluding carboxylic acids is 1. The number of nitro benzene ring substituents is 1. The number of amides is 1. The van der Waals surface area contributed by atoms with Crippen molar-refractivity contribution < 1.29 is 19.2 Å². The van der Waals surface area contributed by atoms with E-state index in [4.69, 9.17) is 9.47 Å². The van der Waals surface area contributed by atoms with Gasteiger partial charge in [-0.05, 0) is 30.3 Å². The van der Waals surface area contributed by atoms with Crippen molar-refractivity contribution in [3.8, 4) is 11.5 Å². The number of ether oxygens (including phenoxy) is 2. The molecule has 1 amide bonds. The maximum Gasteiger partial charge on any atom is 0.269 e. The summed E-state index contributed by atoms with van der Waals surface area (Å²) in [4.78, 5) is 25.0. The van der Waals surface area contributed by atoms with Crippen molar-refractivity contribution in [2.45, 2.75) is 5.37 Å². The van der Waals surface area contributed by atoms with E-state index in [0.29, 0.717) is 23.6 Å². The second-order valence-electron chi connectivity index (χ2n) is 5.63. The third kappa shape index (κ3) is 3.45. The van der Waals surface area contributed by atoms with Crippen LogP contribution in [0, 0.1) is 10.1 Å². The minimum absolute atomic E-state index is 0.0386. The highest BCUT2D eigenvalue weighted by atomic mass is 32.2. The van der Waals surface area contributed by atoms with Crippen LogP contribution in [0.1, 0.15) is 21.3 Å². The van der Waals surface area contributed by atoms with Crippen LogP contribution in [0.15, 0.2) is 42.5 Å². The van der Waals surface area contributed by atoms with Crippen molar-refractivity contribution in [2.75, 3.05) is 26.5 Å². The molecule has 0 spiro atoms. The van der Waals surface area contributed by atoms with Crippen molar-refractivity contribution in [3.05, 3.63) is 63.7 Å². The van der Waals surface area contributed by atoms with E-state index in [1.165, 1.54) is 24.3 Å². The normalized spacial score (nSPS) is 16.4. The fraction of sp³-hybridized carbons (Fsp3) is 0.278. The number of benzene rings is 2. The predicted octanol–water partition coefficient (Wildman–Crippen LogP) is 3.50. The molecule has 7 nitrogen and oxygen atoms in total. The fourth-order valence-corrected chi connectivity index (χ4v) is 4.13. The van der Waals surface area contributed by atoms with E-state index in [0.717, 1.165) is 11.3 Å². The molecule has 1 fully saturated rings. The van der Waals surface area contributed by atoms with Crippen molar-refractivity contribution in [1.82, 2.24) is 4.90 Å². The Labute approximate surface area is 155 Å². The highest BCUT2D eigenvalue weighted by molar-refractivity contribution is 7.99. The highest BCUT2D eigenvalue weighted by Gasteiger charge is 2.33. The Bertz CT molecular complexity index is 825. The molecular formula is C18H18N2O5S. The van der Waals surface area contributed by atoms with Crippen molar-refractivity contribution in [3.63, 3.8) is 0 Å². The molecule has 1 aliphatic rings. The van der Waals surface area contributed by atoms with Gasteiger partial charge in [-0.15, -0.1) is 11.8 Å². The Balaban J connectivity index is 1.90. The molecule has 0 bridgehead atoms. The Kier molecular flexibility index (Phi) is 5.32. The zero-order valence-electron chi connectivity index (χ0n) is 14.4. The molecule has 0 N–H and O–H groups in total. The van der Waals surface area contributed by atoms with E-state index in [9.17, 15) is 14.9 Å². The number of thioether (sulfide) groups is 1. The molecule has 1 heterocycles. The first-order valence-corrected chi connectivity index (χ1v) is 8.99. The van der Waals surface area contributed by atoms with Gasteiger partial charge in [-0.1, -0.05) is 0 Å². The Morgan fingerprint density at radius 2 is 1.92 bits per heavy atom. The first-order valence-electron chi connectivity index (χ1n) is 7.94. The van der Waals surface area contributed by atoms with E-state index in [1.807, 2.05) is 18.2 Å². The predicted molar refractivity (Wildman–Crippen MR) is 98.9 cm³/mol. The minimum atomic E-state index is -0.482. The van der Waals surface area contributed by atoms with E-state index in [-0.39, 0.29) is 17.0 Å². The lowest BCUT2D eigenvalue weighted by Crippen LogP contribution is -2.30. The average molecular weight is 374 g/mol. The second-order valence-corrected chi connectivity index (χ2v) is 6.82. The molecule has 0 unspecified atom stereocenters. The van der Waals surface area contributed by atoms with Gasteiger partial charge < -0.3 is 14.4 Å². The number of methoxy groups -OCH3 is 2. The third-order valence-corrected chi connectivity index (χ3v) is 5.42. The van der Waals surface area contributed by atoms with Gasteiger partial charge in [0, 0.05) is 35.6 Å². The van der Waals surface area contributed by atoms with Crippen LogP contribution in [0.4, 0.5) is 5.69 Å². The molecule has 26 heavy (non-hydrogen) atoms. The lowest BCUT2D eigenvalue weighted by atomic mass is 10.1. The molecule has 0 radical (unpaired) electrons. The molecule has 1 aliphatic heterocycles. The Hall–Kier alpha value is -2.74. The molecule has 3 rings (SSSR count). The summed E-state index contributed by atoms with van der Waals surface area (Å²) in [5.74, 6) is 2.01. The summed E-state index contributed by atoms with van der Waals surface area (Å²) in [6.07, 6.45) is 0. The molecule has 0 saturated carbocycles. The summed E-state index contributed by atoms with van der Waals surface area (Å²) in [6.45, 7) is 0.589. The molecule has 8 heteroatoms. The lowest BCUT2D eigenvalue weighted by molar-refractivity contribution is -0.384. The molecule has 2 aromatic carbocycles. The number of rotatable bonds is 5. The van der Waals surface area contributed by atoms with Crippen LogP contribution in [0.25, 0.3) is 0 Å². The Morgan fingerprint density at radius 1 is 1.19 bits per heavy atom. The number of nitro groups is 1. The number of hydrogen-bond acceptors (Lipinski definition) is 6. The molecule has 1 atom stereocenters. The van der Waals surface area contributed by atoms with Crippen LogP contribution in [0.3, 0.4) is 0 Å². The van der Waals surface area contributed by atoms with Crippen molar-refractivity contribution in [1.29, 1.82) is 0 Å². The van der Waals surface area contributed by atoms with Gasteiger partial charge in [0.2, 0.25) is 0 Å². The first kappa shape index (κ1) is 18.1. The smallest absolute Gasteiger partial charge is 0.269 e. The van der Waals surface area contributed by atoms with Crippen LogP contribution in [-0.2, 0) is 0 Å². The van der Waals surface area contributed by atoms with Gasteiger partial charge in [-0.3, -0.25) is 14.9 Å². The zero-order valence-corrected chi connectivity index (χ0v) is 15.2. The van der Waals surface area contributed by atoms with Gasteiger partial charge in [-0.2, -0.15) is 0 Å². The van der Waals surface area contributed by atoms with E-state index >= 15 is 0 Å². The number of non-ortho nitro benzene ring substituents is 1. The molecule has 2 aromatic rings. The second kappa shape index (κ2) is 7.65. The fourth-order valence-electron chi connectivity index (χ4n) is 2.86. The SMILES string of the molecule is COc1ccc(OC)c([C@H]2SCCN2C(=O)c2ccc([N+](=O)[O-])cc2)c1.